The van der Waals surface area contributed by atoms with Crippen molar-refractivity contribution < 1.29 is 9.72 Å². The van der Waals surface area contributed by atoms with E-state index >= 15 is 0 Å². The Hall–Kier alpha value is -1.95. The maximum absolute atomic E-state index is 12.5. The van der Waals surface area contributed by atoms with E-state index in [1.165, 1.54) is 6.07 Å². The van der Waals surface area contributed by atoms with Gasteiger partial charge in [0.1, 0.15) is 0 Å². The van der Waals surface area contributed by atoms with Gasteiger partial charge in [0, 0.05) is 37.7 Å². The first kappa shape index (κ1) is 15.0. The van der Waals surface area contributed by atoms with E-state index < -0.39 is 4.92 Å². The van der Waals surface area contributed by atoms with Gasteiger partial charge in [-0.2, -0.15) is 0 Å². The molecule has 6 heteroatoms. The molecule has 1 saturated carbocycles. The number of non-ortho nitro benzene ring substituents is 1. The quantitative estimate of drug-likeness (QED) is 0.683. The molecule has 1 aliphatic carbocycles. The van der Waals surface area contributed by atoms with E-state index in [4.69, 9.17) is 5.73 Å². The van der Waals surface area contributed by atoms with Gasteiger partial charge in [0.05, 0.1) is 4.92 Å². The Morgan fingerprint density at radius 3 is 2.86 bits per heavy atom. The van der Waals surface area contributed by atoms with Crippen molar-refractivity contribution in [3.63, 3.8) is 0 Å². The van der Waals surface area contributed by atoms with Crippen molar-refractivity contribution in [3.05, 3.63) is 39.4 Å². The standard InChI is InChI=1S/C16H21N3O3/c17-15-3-1-2-12(15)9-16(20)18-7-6-11-4-5-14(19(21)22)8-13(11)10-18/h4-5,8,12,15H,1-3,6-7,9-10,17H2/t12-,15+/m0/s1. The zero-order valence-corrected chi connectivity index (χ0v) is 12.5. The number of amides is 1. The summed E-state index contributed by atoms with van der Waals surface area (Å²) in [5.74, 6) is 0.415. The summed E-state index contributed by atoms with van der Waals surface area (Å²) in [6.07, 6.45) is 4.41. The number of nitrogens with two attached hydrogens (primary N) is 1. The Bertz CT molecular complexity index is 602. The van der Waals surface area contributed by atoms with E-state index in [1.54, 1.807) is 6.07 Å². The Balaban J connectivity index is 1.69. The third kappa shape index (κ3) is 2.97. The summed E-state index contributed by atoms with van der Waals surface area (Å²) in [5.41, 5.74) is 8.13. The minimum absolute atomic E-state index is 0.0888. The van der Waals surface area contributed by atoms with Crippen molar-refractivity contribution in [2.45, 2.75) is 44.7 Å². The predicted octanol–water partition coefficient (Wildman–Crippen LogP) is 2.00. The predicted molar refractivity (Wildman–Crippen MR) is 82.2 cm³/mol. The maximum atomic E-state index is 12.5. The molecule has 0 spiro atoms. The Kier molecular flexibility index (Phi) is 4.11. The molecule has 0 aromatic heterocycles. The van der Waals surface area contributed by atoms with Crippen LogP contribution < -0.4 is 5.73 Å². The zero-order valence-electron chi connectivity index (χ0n) is 12.5. The summed E-state index contributed by atoms with van der Waals surface area (Å²) in [7, 11) is 0. The molecule has 0 bridgehead atoms. The molecule has 1 fully saturated rings. The average Bonchev–Trinajstić information content (AvgIpc) is 2.91. The van der Waals surface area contributed by atoms with E-state index in [-0.39, 0.29) is 17.6 Å². The van der Waals surface area contributed by atoms with Gasteiger partial charge < -0.3 is 10.6 Å². The largest absolute Gasteiger partial charge is 0.338 e. The molecule has 1 aliphatic heterocycles. The summed E-state index contributed by atoms with van der Waals surface area (Å²) in [6, 6.07) is 5.08. The van der Waals surface area contributed by atoms with Gasteiger partial charge in [0.2, 0.25) is 5.91 Å². The van der Waals surface area contributed by atoms with Crippen LogP contribution in [0.1, 0.15) is 36.8 Å². The smallest absolute Gasteiger partial charge is 0.269 e. The number of benzene rings is 1. The van der Waals surface area contributed by atoms with Gasteiger partial charge >= 0.3 is 0 Å². The van der Waals surface area contributed by atoms with Crippen LogP contribution in [0.2, 0.25) is 0 Å². The molecular formula is C16H21N3O3. The molecule has 1 aromatic rings. The number of carbonyl (C=O) groups excluding carboxylic acids is 1. The molecule has 6 nitrogen and oxygen atoms in total. The highest BCUT2D eigenvalue weighted by molar-refractivity contribution is 5.77. The lowest BCUT2D eigenvalue weighted by Crippen LogP contribution is -2.38. The van der Waals surface area contributed by atoms with Gasteiger partial charge in [0.25, 0.3) is 5.69 Å². The molecule has 118 valence electrons. The minimum Gasteiger partial charge on any atom is -0.338 e. The van der Waals surface area contributed by atoms with Gasteiger partial charge in [-0.25, -0.2) is 0 Å². The van der Waals surface area contributed by atoms with Crippen LogP contribution in [-0.4, -0.2) is 28.3 Å². The van der Waals surface area contributed by atoms with Crippen molar-refractivity contribution in [1.82, 2.24) is 4.90 Å². The van der Waals surface area contributed by atoms with Crippen LogP contribution >= 0.6 is 0 Å². The first-order valence-electron chi connectivity index (χ1n) is 7.84. The van der Waals surface area contributed by atoms with Crippen molar-refractivity contribution in [2.24, 2.45) is 11.7 Å². The van der Waals surface area contributed by atoms with Crippen molar-refractivity contribution >= 4 is 11.6 Å². The lowest BCUT2D eigenvalue weighted by Gasteiger charge is -2.30. The number of rotatable bonds is 3. The molecular weight excluding hydrogens is 282 g/mol. The maximum Gasteiger partial charge on any atom is 0.269 e. The molecule has 0 unspecified atom stereocenters. The van der Waals surface area contributed by atoms with E-state index in [9.17, 15) is 14.9 Å². The molecule has 2 N–H and O–H groups in total. The van der Waals surface area contributed by atoms with Gasteiger partial charge in [-0.15, -0.1) is 0 Å². The summed E-state index contributed by atoms with van der Waals surface area (Å²) in [6.45, 7) is 1.16. The number of nitro benzene ring substituents is 1. The fraction of sp³-hybridized carbons (Fsp3) is 0.562. The number of hydrogen-bond acceptors (Lipinski definition) is 4. The summed E-state index contributed by atoms with van der Waals surface area (Å²) in [4.78, 5) is 24.8. The monoisotopic (exact) mass is 303 g/mol. The summed E-state index contributed by atoms with van der Waals surface area (Å²) >= 11 is 0. The highest BCUT2D eigenvalue weighted by atomic mass is 16.6. The lowest BCUT2D eigenvalue weighted by atomic mass is 9.96. The van der Waals surface area contributed by atoms with Crippen LogP contribution in [0.15, 0.2) is 18.2 Å². The van der Waals surface area contributed by atoms with E-state index in [1.807, 2.05) is 11.0 Å². The van der Waals surface area contributed by atoms with E-state index in [2.05, 4.69) is 0 Å². The average molecular weight is 303 g/mol. The van der Waals surface area contributed by atoms with Crippen molar-refractivity contribution in [3.8, 4) is 0 Å². The molecule has 1 amide bonds. The molecule has 2 aliphatic rings. The minimum atomic E-state index is -0.390. The molecule has 0 saturated heterocycles. The van der Waals surface area contributed by atoms with Crippen LogP contribution in [0.25, 0.3) is 0 Å². The van der Waals surface area contributed by atoms with E-state index in [0.717, 1.165) is 36.8 Å². The number of carbonyl (C=O) groups is 1. The molecule has 2 atom stereocenters. The fourth-order valence-corrected chi connectivity index (χ4v) is 3.54. The van der Waals surface area contributed by atoms with E-state index in [0.29, 0.717) is 25.4 Å². The second-order valence-electron chi connectivity index (χ2n) is 6.33. The number of nitro groups is 1. The SMILES string of the molecule is N[C@@H]1CCC[C@H]1CC(=O)N1CCc2ccc([N+](=O)[O-])cc2C1. The Labute approximate surface area is 129 Å². The van der Waals surface area contributed by atoms with Crippen LogP contribution in [0, 0.1) is 16.0 Å². The van der Waals surface area contributed by atoms with Gasteiger partial charge in [-0.1, -0.05) is 12.5 Å². The Morgan fingerprint density at radius 1 is 1.36 bits per heavy atom. The molecule has 1 aromatic carbocycles. The second-order valence-corrected chi connectivity index (χ2v) is 6.33. The molecule has 0 radical (unpaired) electrons. The third-order valence-corrected chi connectivity index (χ3v) is 4.92. The fourth-order valence-electron chi connectivity index (χ4n) is 3.54. The zero-order chi connectivity index (χ0) is 15.7. The van der Waals surface area contributed by atoms with Crippen molar-refractivity contribution in [2.75, 3.05) is 6.54 Å². The van der Waals surface area contributed by atoms with Gasteiger partial charge in [-0.3, -0.25) is 14.9 Å². The van der Waals surface area contributed by atoms with Gasteiger partial charge in [-0.05, 0) is 36.3 Å². The summed E-state index contributed by atoms with van der Waals surface area (Å²) < 4.78 is 0. The molecule has 1 heterocycles. The molecule has 3 rings (SSSR count). The topological polar surface area (TPSA) is 89.5 Å². The van der Waals surface area contributed by atoms with Crippen molar-refractivity contribution in [1.29, 1.82) is 0 Å². The second kappa shape index (κ2) is 6.04. The van der Waals surface area contributed by atoms with Crippen LogP contribution in [0.3, 0.4) is 0 Å². The highest BCUT2D eigenvalue weighted by Gasteiger charge is 2.29. The van der Waals surface area contributed by atoms with Gasteiger partial charge in [0.15, 0.2) is 0 Å². The number of hydrogen-bond donors (Lipinski definition) is 1. The number of nitrogens with zero attached hydrogens (tertiary/aromatic N) is 2. The third-order valence-electron chi connectivity index (χ3n) is 4.92. The summed E-state index contributed by atoms with van der Waals surface area (Å²) in [5, 5.41) is 10.9. The lowest BCUT2D eigenvalue weighted by molar-refractivity contribution is -0.385. The number of fused-ring (bicyclic) bond motifs is 1. The van der Waals surface area contributed by atoms with Crippen LogP contribution in [0.5, 0.6) is 0 Å². The Morgan fingerprint density at radius 2 is 2.18 bits per heavy atom. The first-order valence-corrected chi connectivity index (χ1v) is 7.84. The highest BCUT2D eigenvalue weighted by Crippen LogP contribution is 2.29. The first-order chi connectivity index (χ1) is 10.5. The van der Waals surface area contributed by atoms with Crippen LogP contribution in [0.4, 0.5) is 5.69 Å². The normalized spacial score (nSPS) is 24.1. The van der Waals surface area contributed by atoms with Crippen LogP contribution in [-0.2, 0) is 17.8 Å². The molecule has 22 heavy (non-hydrogen) atoms.